The first-order chi connectivity index (χ1) is 13.8. The molecule has 0 unspecified atom stereocenters. The highest BCUT2D eigenvalue weighted by Gasteiger charge is 2.28. The second kappa shape index (κ2) is 10.7. The molecule has 0 spiro atoms. The van der Waals surface area contributed by atoms with Crippen LogP contribution in [0.5, 0.6) is 0 Å². The van der Waals surface area contributed by atoms with E-state index in [1.54, 1.807) is 57.6 Å². The molecule has 2 N–H and O–H groups in total. The summed E-state index contributed by atoms with van der Waals surface area (Å²) in [5.41, 5.74) is 0.944. The van der Waals surface area contributed by atoms with Crippen LogP contribution < -0.4 is 5.32 Å². The Hall–Kier alpha value is -2.52. The van der Waals surface area contributed by atoms with E-state index in [-0.39, 0.29) is 0 Å². The summed E-state index contributed by atoms with van der Waals surface area (Å²) in [7, 11) is 0. The van der Waals surface area contributed by atoms with Gasteiger partial charge in [0.05, 0.1) is 5.69 Å². The Bertz CT molecular complexity index is 977. The minimum absolute atomic E-state index is 0.366. The van der Waals surface area contributed by atoms with E-state index in [2.05, 4.69) is 33.2 Å². The maximum atomic E-state index is 10.8. The van der Waals surface area contributed by atoms with Gasteiger partial charge in [0, 0.05) is 15.6 Å². The summed E-state index contributed by atoms with van der Waals surface area (Å²) in [6.45, 7) is 0. The van der Waals surface area contributed by atoms with Crippen LogP contribution in [0.25, 0.3) is 9.40 Å². The fourth-order valence-electron chi connectivity index (χ4n) is 2.10. The van der Waals surface area contributed by atoms with Crippen molar-refractivity contribution in [3.8, 4) is 0 Å². The van der Waals surface area contributed by atoms with Crippen molar-refractivity contribution in [3.05, 3.63) is 86.6 Å². The Labute approximate surface area is 178 Å². The first-order valence-electron chi connectivity index (χ1n) is 8.14. The summed E-state index contributed by atoms with van der Waals surface area (Å²) in [5, 5.41) is 14.8. The maximum absolute atomic E-state index is 10.8. The fraction of sp³-hybridized carbons (Fsp3) is 0. The van der Waals surface area contributed by atoms with Gasteiger partial charge in [0.15, 0.2) is 0 Å². The van der Waals surface area contributed by atoms with Gasteiger partial charge in [0.1, 0.15) is 5.69 Å². The van der Waals surface area contributed by atoms with Crippen molar-refractivity contribution in [1.82, 2.24) is 4.98 Å². The molecule has 8 heteroatoms. The summed E-state index contributed by atoms with van der Waals surface area (Å²) in [6.07, 6.45) is 1.61. The third-order valence-electron chi connectivity index (χ3n) is 3.35. The van der Waals surface area contributed by atoms with E-state index in [0.717, 1.165) is 0 Å². The summed E-state index contributed by atoms with van der Waals surface area (Å²) in [4.78, 5) is 24.1. The number of carbonyl (C=O) groups is 2. The zero-order chi connectivity index (χ0) is 19.6. The molecule has 1 aliphatic rings. The number of carbonyl (C=O) groups excluding carboxylic acids is 2. The lowest BCUT2D eigenvalue weighted by molar-refractivity contribution is -0.112. The van der Waals surface area contributed by atoms with Gasteiger partial charge in [-0.05, 0) is 50.5 Å². The van der Waals surface area contributed by atoms with Crippen LogP contribution in [0.2, 0.25) is 0 Å². The molecule has 0 radical (unpaired) electrons. The van der Waals surface area contributed by atoms with Gasteiger partial charge in [-0.15, -0.1) is 22.7 Å². The van der Waals surface area contributed by atoms with E-state index in [9.17, 15) is 9.59 Å². The fourth-order valence-corrected chi connectivity index (χ4v) is 4.84. The Kier molecular flexibility index (Phi) is 7.74. The molecule has 28 heavy (non-hydrogen) atoms. The minimum atomic E-state index is -0.554. The summed E-state index contributed by atoms with van der Waals surface area (Å²) >= 11 is 7.03. The van der Waals surface area contributed by atoms with E-state index >= 15 is 0 Å². The molecular weight excluding hydrogens is 429 g/mol. The number of thiophene rings is 4. The molecule has 142 valence electrons. The first-order valence-corrected chi connectivity index (χ1v) is 11.8. The molecule has 0 saturated heterocycles. The quantitative estimate of drug-likeness (QED) is 0.264. The largest absolute Gasteiger partial charge is 0.357 e. The number of anilines is 1. The topological polar surface area (TPSA) is 62.0 Å². The molecule has 5 aromatic heterocycles. The highest BCUT2D eigenvalue weighted by molar-refractivity contribution is 7.25. The number of fused-ring (bicyclic) bond motifs is 2. The average molecular weight is 445 g/mol. The van der Waals surface area contributed by atoms with Crippen LogP contribution >= 0.6 is 45.3 Å². The highest BCUT2D eigenvalue weighted by Crippen LogP contribution is 2.25. The van der Waals surface area contributed by atoms with Crippen LogP contribution in [-0.2, 0) is 4.79 Å². The number of aromatic amines is 1. The van der Waals surface area contributed by atoms with E-state index < -0.39 is 11.7 Å². The molecule has 0 aromatic carbocycles. The van der Waals surface area contributed by atoms with Gasteiger partial charge in [-0.1, -0.05) is 24.3 Å². The average Bonchev–Trinajstić information content (AvgIpc) is 3.50. The Morgan fingerprint density at radius 3 is 1.64 bits per heavy atom. The number of aromatic nitrogens is 1. The molecule has 0 saturated carbocycles. The molecular formula is C20H16N2O2S4. The van der Waals surface area contributed by atoms with Crippen LogP contribution in [0.3, 0.4) is 0 Å². The monoisotopic (exact) mass is 444 g/mol. The summed E-state index contributed by atoms with van der Waals surface area (Å²) in [6, 6.07) is 14.0. The summed E-state index contributed by atoms with van der Waals surface area (Å²) in [5.74, 6) is -1.04. The lowest BCUT2D eigenvalue weighted by atomic mass is 10.3. The van der Waals surface area contributed by atoms with E-state index in [4.69, 9.17) is 0 Å². The van der Waals surface area contributed by atoms with Gasteiger partial charge in [-0.2, -0.15) is 22.7 Å². The Morgan fingerprint density at radius 1 is 0.679 bits per heavy atom. The lowest BCUT2D eigenvalue weighted by Gasteiger charge is -1.83. The van der Waals surface area contributed by atoms with Crippen molar-refractivity contribution in [2.45, 2.75) is 0 Å². The maximum Gasteiger partial charge on any atom is 0.298 e. The standard InChI is InChI=1S/C6H4N2O2.C6H4S2.2C4H4S/c9-5-4-3(1-2-7-4)8-6(5)10;1-3-7-6-2-4-8-5(1)6;2*1-2-4-5-3-1/h1-2,7H,(H,8,9,10);1-4H;2*1-4H. The smallest absolute Gasteiger partial charge is 0.298 e. The second-order valence-corrected chi connectivity index (χ2v) is 8.73. The third-order valence-corrected chi connectivity index (χ3v) is 6.50. The molecule has 0 atom stereocenters. The molecule has 6 heterocycles. The molecule has 0 aliphatic carbocycles. The van der Waals surface area contributed by atoms with Crippen molar-refractivity contribution in [2.75, 3.05) is 5.32 Å². The zero-order valence-corrected chi connectivity index (χ0v) is 17.8. The van der Waals surface area contributed by atoms with Gasteiger partial charge in [-0.3, -0.25) is 9.59 Å². The van der Waals surface area contributed by atoms with Crippen molar-refractivity contribution in [1.29, 1.82) is 0 Å². The van der Waals surface area contributed by atoms with Gasteiger partial charge in [0.25, 0.3) is 11.7 Å². The second-order valence-electron chi connectivity index (χ2n) is 5.21. The highest BCUT2D eigenvalue weighted by atomic mass is 32.1. The van der Waals surface area contributed by atoms with Crippen LogP contribution in [0.4, 0.5) is 5.69 Å². The van der Waals surface area contributed by atoms with Crippen molar-refractivity contribution < 1.29 is 9.59 Å². The number of hydrogen-bond donors (Lipinski definition) is 2. The first kappa shape index (κ1) is 20.2. The number of Topliss-reactive ketones (excluding diaryl/α,β-unsaturated/α-hetero) is 1. The number of rotatable bonds is 0. The van der Waals surface area contributed by atoms with Gasteiger partial charge in [0.2, 0.25) is 0 Å². The molecule has 5 aromatic rings. The number of ketones is 1. The normalized spacial score (nSPS) is 11.3. The van der Waals surface area contributed by atoms with Crippen LogP contribution in [0.15, 0.2) is 80.9 Å². The van der Waals surface area contributed by atoms with E-state index in [0.29, 0.717) is 11.4 Å². The Balaban J connectivity index is 0.000000112. The predicted molar refractivity (Wildman–Crippen MR) is 122 cm³/mol. The molecule has 0 bridgehead atoms. The number of hydrogen-bond acceptors (Lipinski definition) is 6. The van der Waals surface area contributed by atoms with Crippen LogP contribution in [-0.4, -0.2) is 16.7 Å². The predicted octanol–water partition coefficient (Wildman–Crippen LogP) is 6.61. The number of nitrogens with one attached hydrogen (secondary N) is 2. The molecule has 1 amide bonds. The van der Waals surface area contributed by atoms with Crippen molar-refractivity contribution in [2.24, 2.45) is 0 Å². The Morgan fingerprint density at radius 2 is 1.21 bits per heavy atom. The number of amides is 1. The lowest BCUT2D eigenvalue weighted by Crippen LogP contribution is -2.13. The van der Waals surface area contributed by atoms with Crippen molar-refractivity contribution >= 4 is 72.1 Å². The molecule has 4 nitrogen and oxygen atoms in total. The van der Waals surface area contributed by atoms with E-state index in [1.165, 1.54) is 9.40 Å². The van der Waals surface area contributed by atoms with Gasteiger partial charge in [-0.25, -0.2) is 0 Å². The van der Waals surface area contributed by atoms with Crippen molar-refractivity contribution in [3.63, 3.8) is 0 Å². The van der Waals surface area contributed by atoms with Gasteiger partial charge >= 0.3 is 0 Å². The zero-order valence-electron chi connectivity index (χ0n) is 14.5. The van der Waals surface area contributed by atoms with Gasteiger partial charge < -0.3 is 10.3 Å². The summed E-state index contributed by atoms with van der Waals surface area (Å²) < 4.78 is 2.82. The van der Waals surface area contributed by atoms with E-state index in [1.807, 2.05) is 45.8 Å². The molecule has 1 aliphatic heterocycles. The van der Waals surface area contributed by atoms with Crippen LogP contribution in [0.1, 0.15) is 10.5 Å². The minimum Gasteiger partial charge on any atom is -0.357 e. The third kappa shape index (κ3) is 5.74. The molecule has 6 rings (SSSR count). The molecule has 0 fully saturated rings. The number of H-pyrrole nitrogens is 1. The SMILES string of the molecule is O=C1Nc2cc[nH]c2C1=O.c1cc2sccc2s1.c1ccsc1.c1ccsc1. The van der Waals surface area contributed by atoms with Crippen LogP contribution in [0, 0.1) is 0 Å².